The second-order valence-corrected chi connectivity index (χ2v) is 9.77. The minimum Gasteiger partial charge on any atom is -0.350 e. The van der Waals surface area contributed by atoms with Gasteiger partial charge in [0, 0.05) is 27.8 Å². The first-order chi connectivity index (χ1) is 15.4. The van der Waals surface area contributed by atoms with Crippen LogP contribution in [0.25, 0.3) is 5.65 Å². The van der Waals surface area contributed by atoms with Crippen molar-refractivity contribution in [3.8, 4) is 6.07 Å². The van der Waals surface area contributed by atoms with Crippen molar-refractivity contribution < 1.29 is 4.79 Å². The molecule has 0 aliphatic heterocycles. The Kier molecular flexibility index (Phi) is 6.61. The molecule has 2 heterocycles. The van der Waals surface area contributed by atoms with Crippen LogP contribution in [0.1, 0.15) is 66.6 Å². The zero-order valence-electron chi connectivity index (χ0n) is 18.6. The van der Waals surface area contributed by atoms with Crippen LogP contribution in [0.5, 0.6) is 0 Å². The molecule has 1 aliphatic carbocycles. The normalized spacial score (nSPS) is 15.4. The molecule has 6 nitrogen and oxygen atoms in total. The maximum atomic E-state index is 13.1. The number of aromatic nitrogens is 3. The van der Waals surface area contributed by atoms with Crippen molar-refractivity contribution in [2.24, 2.45) is 0 Å². The molecule has 1 amide bonds. The molecule has 0 spiro atoms. The molecule has 0 atom stereocenters. The molecular formula is C25H28BrN5O. The number of carbonyl (C=O) groups is 1. The monoisotopic (exact) mass is 493 g/mol. The minimum atomic E-state index is -0.168. The SMILES string of the molecule is Cc1nc2c(C#N)cnn2c(C)c1CCC(=O)NC1(Cc2ccc(Br)cc2)CCCCC1. The minimum absolute atomic E-state index is 0.0843. The number of fused-ring (bicyclic) bond motifs is 1. The van der Waals surface area contributed by atoms with Crippen molar-refractivity contribution in [1.82, 2.24) is 19.9 Å². The van der Waals surface area contributed by atoms with Crippen molar-refractivity contribution >= 4 is 27.5 Å². The van der Waals surface area contributed by atoms with Gasteiger partial charge in [0.25, 0.3) is 0 Å². The number of halogens is 1. The van der Waals surface area contributed by atoms with E-state index in [-0.39, 0.29) is 11.4 Å². The van der Waals surface area contributed by atoms with Crippen LogP contribution in [0.15, 0.2) is 34.9 Å². The van der Waals surface area contributed by atoms with Crippen molar-refractivity contribution in [3.63, 3.8) is 0 Å². The fourth-order valence-corrected chi connectivity index (χ4v) is 5.18. The third kappa shape index (κ3) is 4.71. The summed E-state index contributed by atoms with van der Waals surface area (Å²) in [6.07, 6.45) is 8.98. The van der Waals surface area contributed by atoms with Gasteiger partial charge < -0.3 is 5.32 Å². The Hall–Kier alpha value is -2.72. The Labute approximate surface area is 197 Å². The van der Waals surface area contributed by atoms with Gasteiger partial charge in [0.1, 0.15) is 11.6 Å². The zero-order chi connectivity index (χ0) is 22.7. The van der Waals surface area contributed by atoms with Gasteiger partial charge in [-0.1, -0.05) is 47.3 Å². The van der Waals surface area contributed by atoms with E-state index >= 15 is 0 Å². The summed E-state index contributed by atoms with van der Waals surface area (Å²) < 4.78 is 2.77. The average Bonchev–Trinajstić information content (AvgIpc) is 3.18. The highest BCUT2D eigenvalue weighted by atomic mass is 79.9. The Bertz CT molecular complexity index is 1170. The van der Waals surface area contributed by atoms with Crippen LogP contribution in [0.2, 0.25) is 0 Å². The highest BCUT2D eigenvalue weighted by Gasteiger charge is 2.33. The number of nitrogens with zero attached hydrogens (tertiary/aromatic N) is 4. The summed E-state index contributed by atoms with van der Waals surface area (Å²) >= 11 is 3.50. The van der Waals surface area contributed by atoms with E-state index in [0.717, 1.165) is 53.5 Å². The number of hydrogen-bond donors (Lipinski definition) is 1. The number of rotatable bonds is 6. The number of aryl methyl sites for hydroxylation is 2. The van der Waals surface area contributed by atoms with E-state index in [1.54, 1.807) is 10.7 Å². The number of amides is 1. The molecular weight excluding hydrogens is 466 g/mol. The van der Waals surface area contributed by atoms with Gasteiger partial charge in [-0.3, -0.25) is 4.79 Å². The van der Waals surface area contributed by atoms with Crippen LogP contribution < -0.4 is 5.32 Å². The second-order valence-electron chi connectivity index (χ2n) is 8.86. The Morgan fingerprint density at radius 1 is 1.22 bits per heavy atom. The van der Waals surface area contributed by atoms with E-state index in [1.807, 2.05) is 13.8 Å². The molecule has 2 aromatic heterocycles. The van der Waals surface area contributed by atoms with Crippen LogP contribution in [-0.4, -0.2) is 26.0 Å². The van der Waals surface area contributed by atoms with E-state index in [4.69, 9.17) is 0 Å². The molecule has 1 saturated carbocycles. The maximum absolute atomic E-state index is 13.1. The van der Waals surface area contributed by atoms with Crippen LogP contribution >= 0.6 is 15.9 Å². The second kappa shape index (κ2) is 9.41. The lowest BCUT2D eigenvalue weighted by molar-refractivity contribution is -0.123. The molecule has 7 heteroatoms. The van der Waals surface area contributed by atoms with Crippen molar-refractivity contribution in [1.29, 1.82) is 5.26 Å². The summed E-state index contributed by atoms with van der Waals surface area (Å²) in [6.45, 7) is 3.91. The van der Waals surface area contributed by atoms with Gasteiger partial charge in [-0.2, -0.15) is 10.4 Å². The molecule has 1 aliphatic rings. The zero-order valence-corrected chi connectivity index (χ0v) is 20.2. The molecule has 3 aromatic rings. The fraction of sp³-hybridized carbons (Fsp3) is 0.440. The van der Waals surface area contributed by atoms with Crippen molar-refractivity contribution in [2.75, 3.05) is 0 Å². The quantitative estimate of drug-likeness (QED) is 0.524. The van der Waals surface area contributed by atoms with E-state index < -0.39 is 0 Å². The predicted molar refractivity (Wildman–Crippen MR) is 127 cm³/mol. The first-order valence-electron chi connectivity index (χ1n) is 11.2. The van der Waals surface area contributed by atoms with Gasteiger partial charge in [-0.05, 0) is 62.8 Å². The molecule has 0 unspecified atom stereocenters. The topological polar surface area (TPSA) is 83.1 Å². The summed E-state index contributed by atoms with van der Waals surface area (Å²) in [5, 5.41) is 17.0. The molecule has 0 radical (unpaired) electrons. The number of nitriles is 1. The van der Waals surface area contributed by atoms with Crippen LogP contribution in [0.4, 0.5) is 0 Å². The van der Waals surface area contributed by atoms with Crippen LogP contribution in [-0.2, 0) is 17.6 Å². The predicted octanol–water partition coefficient (Wildman–Crippen LogP) is 4.97. The highest BCUT2D eigenvalue weighted by Crippen LogP contribution is 2.32. The largest absolute Gasteiger partial charge is 0.350 e. The molecule has 0 saturated heterocycles. The summed E-state index contributed by atoms with van der Waals surface area (Å²) in [4.78, 5) is 17.6. The number of hydrogen-bond acceptors (Lipinski definition) is 4. The standard InChI is InChI=1S/C25H28BrN5O/c1-17-22(18(2)31-24(29-17)20(15-27)16-28-31)10-11-23(32)30-25(12-4-3-5-13-25)14-19-6-8-21(26)9-7-19/h6-9,16H,3-5,10-14H2,1-2H3,(H,30,32). The molecule has 1 N–H and O–H groups in total. The highest BCUT2D eigenvalue weighted by molar-refractivity contribution is 9.10. The first kappa shape index (κ1) is 22.5. The van der Waals surface area contributed by atoms with Crippen molar-refractivity contribution in [2.45, 2.75) is 70.8 Å². The lowest BCUT2D eigenvalue weighted by atomic mass is 9.77. The maximum Gasteiger partial charge on any atom is 0.220 e. The summed E-state index contributed by atoms with van der Waals surface area (Å²) in [5.41, 5.74) is 4.93. The summed E-state index contributed by atoms with van der Waals surface area (Å²) in [5.74, 6) is 0.0843. The third-order valence-corrected chi connectivity index (χ3v) is 7.13. The third-order valence-electron chi connectivity index (χ3n) is 6.60. The Morgan fingerprint density at radius 3 is 2.62 bits per heavy atom. The van der Waals surface area contributed by atoms with E-state index in [1.165, 1.54) is 12.0 Å². The number of carbonyl (C=O) groups excluding carboxylic acids is 1. The van der Waals surface area contributed by atoms with Gasteiger partial charge >= 0.3 is 0 Å². The van der Waals surface area contributed by atoms with E-state index in [2.05, 4.69) is 61.7 Å². The molecule has 1 aromatic carbocycles. The lowest BCUT2D eigenvalue weighted by Gasteiger charge is -2.38. The summed E-state index contributed by atoms with van der Waals surface area (Å²) in [6, 6.07) is 10.5. The van der Waals surface area contributed by atoms with Gasteiger partial charge in [0.15, 0.2) is 5.65 Å². The molecule has 1 fully saturated rings. The molecule has 32 heavy (non-hydrogen) atoms. The van der Waals surface area contributed by atoms with Gasteiger partial charge in [0.05, 0.1) is 6.20 Å². The smallest absolute Gasteiger partial charge is 0.220 e. The molecule has 0 bridgehead atoms. The van der Waals surface area contributed by atoms with Gasteiger partial charge in [-0.15, -0.1) is 0 Å². The average molecular weight is 494 g/mol. The van der Waals surface area contributed by atoms with Crippen LogP contribution in [0, 0.1) is 25.2 Å². The van der Waals surface area contributed by atoms with E-state index in [0.29, 0.717) is 24.1 Å². The summed E-state index contributed by atoms with van der Waals surface area (Å²) in [7, 11) is 0. The number of benzene rings is 1. The fourth-order valence-electron chi connectivity index (χ4n) is 4.92. The Morgan fingerprint density at radius 2 is 1.94 bits per heavy atom. The van der Waals surface area contributed by atoms with Gasteiger partial charge in [-0.25, -0.2) is 9.50 Å². The van der Waals surface area contributed by atoms with Crippen LogP contribution in [0.3, 0.4) is 0 Å². The molecule has 166 valence electrons. The number of nitrogens with one attached hydrogen (secondary N) is 1. The Balaban J connectivity index is 1.48. The van der Waals surface area contributed by atoms with Crippen molar-refractivity contribution in [3.05, 3.63) is 63.0 Å². The first-order valence-corrected chi connectivity index (χ1v) is 12.0. The van der Waals surface area contributed by atoms with E-state index in [9.17, 15) is 10.1 Å². The lowest BCUT2D eigenvalue weighted by Crippen LogP contribution is -2.51. The van der Waals surface area contributed by atoms with Gasteiger partial charge in [0.2, 0.25) is 5.91 Å². The molecule has 4 rings (SSSR count).